The van der Waals surface area contributed by atoms with Gasteiger partial charge in [0.25, 0.3) is 0 Å². The van der Waals surface area contributed by atoms with Gasteiger partial charge in [-0.05, 0) is 134 Å². The van der Waals surface area contributed by atoms with Gasteiger partial charge in [0.1, 0.15) is 11.4 Å². The van der Waals surface area contributed by atoms with Crippen molar-refractivity contribution >= 4 is 82.1 Å². The lowest BCUT2D eigenvalue weighted by Gasteiger charge is -2.02. The van der Waals surface area contributed by atoms with E-state index in [1.54, 1.807) is 12.3 Å². The molecule has 0 N–H and O–H groups in total. The van der Waals surface area contributed by atoms with Crippen molar-refractivity contribution < 1.29 is 9.36 Å². The first kappa shape index (κ1) is 32.4. The number of imidazole rings is 1. The minimum Gasteiger partial charge on any atom is -0.297 e. The third-order valence-corrected chi connectivity index (χ3v) is 6.12. The SMILES string of the molecule is Cc1cccc(-c2ncc3ccc(Br)cn23)n1.Cc1cccc(C(=O)CCc2ccc(Br)cn2)n1.O=P(Cl)(Cl)Cl. The predicted octanol–water partition coefficient (Wildman–Crippen LogP) is 9.64. The fraction of sp³-hybridized carbons (Fsp3) is 0.148. The average molecular weight is 747 g/mol. The minimum atomic E-state index is -3.22. The molecule has 0 aliphatic carbocycles. The van der Waals surface area contributed by atoms with Crippen LogP contribution in [0.5, 0.6) is 0 Å². The van der Waals surface area contributed by atoms with E-state index in [4.69, 9.17) is 0 Å². The third kappa shape index (κ3) is 11.0. The molecule has 0 unspecified atom stereocenters. The first-order valence-electron chi connectivity index (χ1n) is 11.7. The molecule has 5 rings (SSSR count). The fourth-order valence-electron chi connectivity index (χ4n) is 3.44. The number of hydrogen-bond donors (Lipinski definition) is 0. The normalized spacial score (nSPS) is 10.8. The van der Waals surface area contributed by atoms with Crippen LogP contribution in [0.4, 0.5) is 0 Å². The highest BCUT2D eigenvalue weighted by Crippen LogP contribution is 2.61. The third-order valence-electron chi connectivity index (χ3n) is 5.18. The van der Waals surface area contributed by atoms with Gasteiger partial charge in [-0.3, -0.25) is 23.7 Å². The number of Topliss-reactive ketones (excluding diaryl/α,β-unsaturated/α-hetero) is 1. The standard InChI is InChI=1S/C14H13BrN2O.C13H10BrN3.Cl3OP/c1-10-3-2-4-13(17-10)14(18)8-7-12-6-5-11(15)9-16-12;1-9-3-2-4-12(16-9)13-15-7-11-6-5-10(14)8-17(11)13;1-5(2,3)4/h2-6,9H,7-8H2,1H3;2-8H,1H3;. The lowest BCUT2D eigenvalue weighted by atomic mass is 10.1. The largest absolute Gasteiger partial charge is 0.339 e. The summed E-state index contributed by atoms with van der Waals surface area (Å²) < 4.78 is 13.5. The number of aryl methyl sites for hydroxylation is 3. The number of fused-ring (bicyclic) bond motifs is 1. The molecule has 0 aliphatic rings. The molecule has 0 saturated heterocycles. The van der Waals surface area contributed by atoms with Crippen molar-refractivity contribution in [2.24, 2.45) is 0 Å². The first-order valence-corrected chi connectivity index (χ1v) is 17.7. The molecule has 0 fully saturated rings. The van der Waals surface area contributed by atoms with Crippen LogP contribution in [0.15, 0.2) is 88.2 Å². The van der Waals surface area contributed by atoms with Crippen LogP contribution in [0.1, 0.15) is 34.0 Å². The quantitative estimate of drug-likeness (QED) is 0.132. The van der Waals surface area contributed by atoms with Crippen molar-refractivity contribution in [1.82, 2.24) is 24.3 Å². The van der Waals surface area contributed by atoms with Crippen molar-refractivity contribution in [2.45, 2.75) is 26.7 Å². The van der Waals surface area contributed by atoms with Gasteiger partial charge in [-0.1, -0.05) is 12.1 Å². The molecule has 0 spiro atoms. The van der Waals surface area contributed by atoms with Crippen LogP contribution in [0.3, 0.4) is 0 Å². The van der Waals surface area contributed by atoms with E-state index in [0.717, 1.165) is 43.1 Å². The zero-order chi connectivity index (χ0) is 29.3. The van der Waals surface area contributed by atoms with Gasteiger partial charge in [-0.15, -0.1) is 0 Å². The first-order chi connectivity index (χ1) is 18.9. The van der Waals surface area contributed by atoms with E-state index in [-0.39, 0.29) is 5.78 Å². The number of rotatable bonds is 5. The molecule has 0 atom stereocenters. The van der Waals surface area contributed by atoms with Crippen LogP contribution in [0.2, 0.25) is 0 Å². The van der Waals surface area contributed by atoms with Gasteiger partial charge in [0.2, 0.25) is 0 Å². The van der Waals surface area contributed by atoms with Crippen molar-refractivity contribution in [3.63, 3.8) is 0 Å². The van der Waals surface area contributed by atoms with Crippen LogP contribution >= 0.6 is 70.8 Å². The van der Waals surface area contributed by atoms with E-state index in [1.807, 2.05) is 85.2 Å². The molecule has 5 aromatic heterocycles. The average Bonchev–Trinajstić information content (AvgIpc) is 3.31. The van der Waals surface area contributed by atoms with Gasteiger partial charge in [-0.25, -0.2) is 9.97 Å². The lowest BCUT2D eigenvalue weighted by molar-refractivity contribution is 0.0977. The van der Waals surface area contributed by atoms with Crippen molar-refractivity contribution in [3.05, 3.63) is 111 Å². The topological polar surface area (TPSA) is 90.1 Å². The second-order valence-electron chi connectivity index (χ2n) is 8.34. The molecule has 5 aromatic rings. The molecule has 0 aromatic carbocycles. The molecule has 40 heavy (non-hydrogen) atoms. The zero-order valence-electron chi connectivity index (χ0n) is 21.3. The zero-order valence-corrected chi connectivity index (χ0v) is 27.6. The number of carbonyl (C=O) groups is 1. The molecule has 0 radical (unpaired) electrons. The van der Waals surface area contributed by atoms with E-state index in [9.17, 15) is 9.36 Å². The van der Waals surface area contributed by atoms with Gasteiger partial charge in [0, 0.05) is 44.8 Å². The van der Waals surface area contributed by atoms with Crippen molar-refractivity contribution in [1.29, 1.82) is 0 Å². The summed E-state index contributed by atoms with van der Waals surface area (Å²) in [5.41, 5.74) is 5.26. The number of ketones is 1. The Kier molecular flexibility index (Phi) is 12.3. The monoisotopic (exact) mass is 743 g/mol. The summed E-state index contributed by atoms with van der Waals surface area (Å²) in [6.07, 6.45) is 6.67. The van der Waals surface area contributed by atoms with Crippen LogP contribution < -0.4 is 0 Å². The van der Waals surface area contributed by atoms with Gasteiger partial charge in [0.15, 0.2) is 11.6 Å². The maximum atomic E-state index is 11.9. The highest BCUT2D eigenvalue weighted by atomic mass is 79.9. The second-order valence-corrected chi connectivity index (χ2v) is 16.8. The van der Waals surface area contributed by atoms with Crippen LogP contribution in [-0.4, -0.2) is 30.1 Å². The predicted molar refractivity (Wildman–Crippen MR) is 170 cm³/mol. The summed E-state index contributed by atoms with van der Waals surface area (Å²) in [6.45, 7) is 3.86. The van der Waals surface area contributed by atoms with E-state index >= 15 is 0 Å². The van der Waals surface area contributed by atoms with Gasteiger partial charge < -0.3 is 0 Å². The summed E-state index contributed by atoms with van der Waals surface area (Å²) >= 11 is 20.6. The van der Waals surface area contributed by atoms with E-state index in [1.165, 1.54) is 0 Å². The number of nitrogens with zero attached hydrogens (tertiary/aromatic N) is 5. The number of halogens is 5. The Morgan fingerprint density at radius 3 is 2.12 bits per heavy atom. The Morgan fingerprint density at radius 2 is 1.50 bits per heavy atom. The van der Waals surface area contributed by atoms with E-state index in [0.29, 0.717) is 18.5 Å². The van der Waals surface area contributed by atoms with E-state index in [2.05, 4.69) is 85.5 Å². The summed E-state index contributed by atoms with van der Waals surface area (Å²) in [5.74, 6) is 0.924. The maximum Gasteiger partial charge on any atom is 0.339 e. The molecule has 0 aliphatic heterocycles. The summed E-state index contributed by atoms with van der Waals surface area (Å²) in [5, 5.41) is -3.22. The smallest absolute Gasteiger partial charge is 0.297 e. The Morgan fingerprint density at radius 1 is 0.850 bits per heavy atom. The van der Waals surface area contributed by atoms with Gasteiger partial charge >= 0.3 is 5.20 Å². The van der Waals surface area contributed by atoms with Crippen molar-refractivity contribution in [2.75, 3.05) is 0 Å². The molecule has 208 valence electrons. The number of aromatic nitrogens is 5. The number of pyridine rings is 4. The highest BCUT2D eigenvalue weighted by molar-refractivity contribution is 9.10. The van der Waals surface area contributed by atoms with Crippen LogP contribution in [0.25, 0.3) is 17.0 Å². The second kappa shape index (κ2) is 15.2. The molecular weight excluding hydrogens is 723 g/mol. The summed E-state index contributed by atoms with van der Waals surface area (Å²) in [7, 11) is 0. The Bertz CT molecular complexity index is 1640. The number of carbonyl (C=O) groups excluding carboxylic acids is 1. The Labute approximate surface area is 263 Å². The minimum absolute atomic E-state index is 0.0587. The fourth-order valence-corrected chi connectivity index (χ4v) is 4.02. The highest BCUT2D eigenvalue weighted by Gasteiger charge is 2.09. The van der Waals surface area contributed by atoms with Crippen LogP contribution in [0, 0.1) is 13.8 Å². The summed E-state index contributed by atoms with van der Waals surface area (Å²) in [4.78, 5) is 29.3. The van der Waals surface area contributed by atoms with E-state index < -0.39 is 5.20 Å². The molecule has 0 saturated carbocycles. The maximum absolute atomic E-state index is 11.9. The Hall–Kier alpha value is -2.13. The molecule has 0 amide bonds. The lowest BCUT2D eigenvalue weighted by Crippen LogP contribution is -2.05. The number of hydrogen-bond acceptors (Lipinski definition) is 6. The molecule has 5 heterocycles. The van der Waals surface area contributed by atoms with Crippen LogP contribution in [-0.2, 0) is 11.0 Å². The molecular formula is C27H23Br2Cl3N5O2P. The Balaban J connectivity index is 0.000000189. The van der Waals surface area contributed by atoms with Gasteiger partial charge in [-0.2, -0.15) is 0 Å². The molecule has 0 bridgehead atoms. The van der Waals surface area contributed by atoms with Gasteiger partial charge in [0.05, 0.1) is 11.7 Å². The molecule has 7 nitrogen and oxygen atoms in total. The summed E-state index contributed by atoms with van der Waals surface area (Å²) in [6, 6.07) is 19.3. The van der Waals surface area contributed by atoms with Crippen molar-refractivity contribution in [3.8, 4) is 11.5 Å². The molecule has 13 heteroatoms.